The van der Waals surface area contributed by atoms with E-state index in [1.54, 1.807) is 0 Å². The Balaban J connectivity index is 2.08. The van der Waals surface area contributed by atoms with Crippen LogP contribution in [0.15, 0.2) is 24.3 Å². The first-order valence-electron chi connectivity index (χ1n) is 5.05. The largest absolute Gasteiger partial charge is 0.390 e. The third-order valence-corrected chi connectivity index (χ3v) is 3.30. The summed E-state index contributed by atoms with van der Waals surface area (Å²) in [5.41, 5.74) is 0.563. The standard InChI is InChI=1S/C12H15ClO/c1-9-6-12(14,7-9)8-10-4-2-3-5-11(10)13/h2-5,9,14H,6-8H2,1H3. The summed E-state index contributed by atoms with van der Waals surface area (Å²) in [6, 6.07) is 7.75. The van der Waals surface area contributed by atoms with E-state index in [0.717, 1.165) is 23.4 Å². The summed E-state index contributed by atoms with van der Waals surface area (Å²) in [4.78, 5) is 0. The van der Waals surface area contributed by atoms with Gasteiger partial charge in [-0.05, 0) is 30.4 Å². The highest BCUT2D eigenvalue weighted by Crippen LogP contribution is 2.40. The highest BCUT2D eigenvalue weighted by atomic mass is 35.5. The molecule has 2 heteroatoms. The number of rotatable bonds is 2. The summed E-state index contributed by atoms with van der Waals surface area (Å²) in [5, 5.41) is 10.9. The molecule has 1 aliphatic carbocycles. The fourth-order valence-electron chi connectivity index (χ4n) is 2.38. The Morgan fingerprint density at radius 3 is 2.64 bits per heavy atom. The second-order valence-electron chi connectivity index (χ2n) is 4.51. The molecule has 1 fully saturated rings. The van der Waals surface area contributed by atoms with Crippen LogP contribution in [0.25, 0.3) is 0 Å². The van der Waals surface area contributed by atoms with E-state index in [-0.39, 0.29) is 0 Å². The van der Waals surface area contributed by atoms with Gasteiger partial charge in [0.25, 0.3) is 0 Å². The Morgan fingerprint density at radius 2 is 2.07 bits per heavy atom. The van der Waals surface area contributed by atoms with Crippen molar-refractivity contribution < 1.29 is 5.11 Å². The van der Waals surface area contributed by atoms with Gasteiger partial charge >= 0.3 is 0 Å². The van der Waals surface area contributed by atoms with Crippen LogP contribution in [0.4, 0.5) is 0 Å². The molecule has 0 bridgehead atoms. The fourth-order valence-corrected chi connectivity index (χ4v) is 2.58. The Bertz CT molecular complexity index is 329. The maximum atomic E-state index is 10.1. The van der Waals surface area contributed by atoms with Crippen molar-refractivity contribution in [1.82, 2.24) is 0 Å². The van der Waals surface area contributed by atoms with Gasteiger partial charge < -0.3 is 5.11 Å². The lowest BCUT2D eigenvalue weighted by Gasteiger charge is -2.42. The van der Waals surface area contributed by atoms with Gasteiger partial charge in [0, 0.05) is 11.4 Å². The van der Waals surface area contributed by atoms with Crippen molar-refractivity contribution in [1.29, 1.82) is 0 Å². The van der Waals surface area contributed by atoms with E-state index < -0.39 is 5.60 Å². The van der Waals surface area contributed by atoms with Gasteiger partial charge in [0.15, 0.2) is 0 Å². The molecule has 0 spiro atoms. The maximum absolute atomic E-state index is 10.1. The third-order valence-electron chi connectivity index (χ3n) is 2.93. The molecule has 0 saturated heterocycles. The minimum absolute atomic E-state index is 0.496. The van der Waals surface area contributed by atoms with Gasteiger partial charge in [-0.3, -0.25) is 0 Å². The summed E-state index contributed by atoms with van der Waals surface area (Å²) >= 11 is 6.04. The topological polar surface area (TPSA) is 20.2 Å². The van der Waals surface area contributed by atoms with Crippen LogP contribution in [-0.2, 0) is 6.42 Å². The van der Waals surface area contributed by atoms with E-state index in [4.69, 9.17) is 11.6 Å². The molecule has 1 saturated carbocycles. The van der Waals surface area contributed by atoms with Gasteiger partial charge in [-0.15, -0.1) is 0 Å². The van der Waals surface area contributed by atoms with Crippen molar-refractivity contribution in [2.45, 2.75) is 31.8 Å². The average Bonchev–Trinajstić information content (AvgIpc) is 2.06. The molecular formula is C12H15ClO. The van der Waals surface area contributed by atoms with Crippen molar-refractivity contribution in [2.75, 3.05) is 0 Å². The molecule has 1 aromatic rings. The molecule has 1 aliphatic rings. The van der Waals surface area contributed by atoms with Gasteiger partial charge in [-0.25, -0.2) is 0 Å². The first-order chi connectivity index (χ1) is 6.59. The minimum atomic E-state index is -0.496. The lowest BCUT2D eigenvalue weighted by atomic mass is 9.69. The molecular weight excluding hydrogens is 196 g/mol. The lowest BCUT2D eigenvalue weighted by molar-refractivity contribution is -0.0665. The van der Waals surface area contributed by atoms with Crippen LogP contribution in [0.5, 0.6) is 0 Å². The Hall–Kier alpha value is -0.530. The van der Waals surface area contributed by atoms with Gasteiger partial charge in [0.05, 0.1) is 5.60 Å². The summed E-state index contributed by atoms with van der Waals surface area (Å²) < 4.78 is 0. The summed E-state index contributed by atoms with van der Waals surface area (Å²) in [7, 11) is 0. The number of aliphatic hydroxyl groups is 1. The van der Waals surface area contributed by atoms with Crippen molar-refractivity contribution in [2.24, 2.45) is 5.92 Å². The number of hydrogen-bond acceptors (Lipinski definition) is 1. The van der Waals surface area contributed by atoms with Crippen molar-refractivity contribution >= 4 is 11.6 Å². The Morgan fingerprint density at radius 1 is 1.43 bits per heavy atom. The van der Waals surface area contributed by atoms with Gasteiger partial charge in [-0.1, -0.05) is 36.7 Å². The zero-order valence-corrected chi connectivity index (χ0v) is 9.09. The van der Waals surface area contributed by atoms with E-state index in [2.05, 4.69) is 6.92 Å². The van der Waals surface area contributed by atoms with Gasteiger partial charge in [-0.2, -0.15) is 0 Å². The monoisotopic (exact) mass is 210 g/mol. The highest BCUT2D eigenvalue weighted by molar-refractivity contribution is 6.31. The van der Waals surface area contributed by atoms with Gasteiger partial charge in [0.1, 0.15) is 0 Å². The smallest absolute Gasteiger partial charge is 0.0693 e. The van der Waals surface area contributed by atoms with Crippen LogP contribution in [0.2, 0.25) is 5.02 Å². The van der Waals surface area contributed by atoms with E-state index in [0.29, 0.717) is 12.3 Å². The van der Waals surface area contributed by atoms with Gasteiger partial charge in [0.2, 0.25) is 0 Å². The Kier molecular flexibility index (Phi) is 2.54. The number of halogens is 1. The van der Waals surface area contributed by atoms with E-state index in [9.17, 15) is 5.11 Å². The highest BCUT2D eigenvalue weighted by Gasteiger charge is 2.40. The lowest BCUT2D eigenvalue weighted by Crippen LogP contribution is -2.44. The van der Waals surface area contributed by atoms with Crippen LogP contribution in [-0.4, -0.2) is 10.7 Å². The second kappa shape index (κ2) is 3.56. The van der Waals surface area contributed by atoms with Crippen LogP contribution in [0, 0.1) is 5.92 Å². The van der Waals surface area contributed by atoms with Crippen LogP contribution >= 0.6 is 11.6 Å². The first-order valence-corrected chi connectivity index (χ1v) is 5.43. The maximum Gasteiger partial charge on any atom is 0.0693 e. The molecule has 0 heterocycles. The second-order valence-corrected chi connectivity index (χ2v) is 4.91. The predicted octanol–water partition coefficient (Wildman–Crippen LogP) is 3.04. The van der Waals surface area contributed by atoms with E-state index >= 15 is 0 Å². The first kappa shape index (κ1) is 10.0. The molecule has 0 aromatic heterocycles. The third kappa shape index (κ3) is 1.94. The summed E-state index contributed by atoms with van der Waals surface area (Å²) in [6.07, 6.45) is 2.49. The number of benzene rings is 1. The quantitative estimate of drug-likeness (QED) is 0.796. The Labute approximate surface area is 89.7 Å². The fraction of sp³-hybridized carbons (Fsp3) is 0.500. The zero-order chi connectivity index (χ0) is 10.2. The molecule has 1 nitrogen and oxygen atoms in total. The molecule has 0 aliphatic heterocycles. The van der Waals surface area contributed by atoms with Crippen molar-refractivity contribution in [3.8, 4) is 0 Å². The molecule has 1 aromatic carbocycles. The molecule has 76 valence electrons. The normalized spacial score (nSPS) is 31.2. The SMILES string of the molecule is CC1CC(O)(Cc2ccccc2Cl)C1. The molecule has 1 N–H and O–H groups in total. The van der Waals surface area contributed by atoms with E-state index in [1.807, 2.05) is 24.3 Å². The van der Waals surface area contributed by atoms with Crippen molar-refractivity contribution in [3.63, 3.8) is 0 Å². The predicted molar refractivity (Wildman–Crippen MR) is 58.5 cm³/mol. The molecule has 14 heavy (non-hydrogen) atoms. The number of hydrogen-bond donors (Lipinski definition) is 1. The zero-order valence-electron chi connectivity index (χ0n) is 8.33. The molecule has 2 rings (SSSR count). The van der Waals surface area contributed by atoms with Crippen LogP contribution < -0.4 is 0 Å². The van der Waals surface area contributed by atoms with Crippen molar-refractivity contribution in [3.05, 3.63) is 34.9 Å². The van der Waals surface area contributed by atoms with Crippen LogP contribution in [0.1, 0.15) is 25.3 Å². The van der Waals surface area contributed by atoms with E-state index in [1.165, 1.54) is 0 Å². The molecule has 0 amide bonds. The average molecular weight is 211 g/mol. The minimum Gasteiger partial charge on any atom is -0.390 e. The summed E-state index contributed by atoms with van der Waals surface area (Å²) in [6.45, 7) is 2.17. The molecule has 0 unspecified atom stereocenters. The summed E-state index contributed by atoms with van der Waals surface area (Å²) in [5.74, 6) is 0.655. The molecule has 0 radical (unpaired) electrons. The van der Waals surface area contributed by atoms with Crippen LogP contribution in [0.3, 0.4) is 0 Å². The molecule has 0 atom stereocenters.